The van der Waals surface area contributed by atoms with E-state index in [0.29, 0.717) is 28.0 Å². The first-order chi connectivity index (χ1) is 16.0. The number of hydrogen-bond acceptors (Lipinski definition) is 5. The number of fused-ring (bicyclic) bond motifs is 3. The third kappa shape index (κ3) is 4.09. The lowest BCUT2D eigenvalue weighted by molar-refractivity contribution is 0.0955. The van der Waals surface area contributed by atoms with Crippen molar-refractivity contribution in [2.75, 3.05) is 0 Å². The maximum atomic E-state index is 13.5. The summed E-state index contributed by atoms with van der Waals surface area (Å²) < 4.78 is 14.8. The summed E-state index contributed by atoms with van der Waals surface area (Å²) in [7, 11) is 0. The minimum Gasteiger partial charge on any atom is -0.268 e. The van der Waals surface area contributed by atoms with E-state index in [1.165, 1.54) is 23.2 Å². The average molecular weight is 461 g/mol. The van der Waals surface area contributed by atoms with E-state index >= 15 is 0 Å². The van der Waals surface area contributed by atoms with Gasteiger partial charge in [0.1, 0.15) is 16.5 Å². The standard InChI is InChI=1S/C25H21FN4O2S/c1-15-28-24-22(20-10-2-3-11-21(20)33-24)25(32)30(15)19-9-5-7-17(13-19)23(31)29-27-14-16-6-4-8-18(26)12-16/h4-9,12-14H,2-3,10-11H2,1H3,(H,29,31)/b27-14+. The number of hydrogen-bond donors (Lipinski definition) is 1. The van der Waals surface area contributed by atoms with Crippen molar-refractivity contribution in [2.24, 2.45) is 5.10 Å². The van der Waals surface area contributed by atoms with Crippen LogP contribution >= 0.6 is 11.3 Å². The highest BCUT2D eigenvalue weighted by Crippen LogP contribution is 2.34. The van der Waals surface area contributed by atoms with Crippen molar-refractivity contribution in [3.63, 3.8) is 0 Å². The summed E-state index contributed by atoms with van der Waals surface area (Å²) in [5.74, 6) is -0.235. The van der Waals surface area contributed by atoms with Crippen LogP contribution in [-0.4, -0.2) is 21.7 Å². The Morgan fingerprint density at radius 1 is 1.18 bits per heavy atom. The molecule has 0 saturated carbocycles. The highest BCUT2D eigenvalue weighted by molar-refractivity contribution is 7.18. The molecule has 1 aliphatic rings. The molecule has 33 heavy (non-hydrogen) atoms. The van der Waals surface area contributed by atoms with Crippen LogP contribution in [0.25, 0.3) is 15.9 Å². The lowest BCUT2D eigenvalue weighted by Crippen LogP contribution is -2.23. The van der Waals surface area contributed by atoms with E-state index in [-0.39, 0.29) is 11.4 Å². The predicted octanol–water partition coefficient (Wildman–Crippen LogP) is 4.54. The molecule has 166 valence electrons. The fourth-order valence-corrected chi connectivity index (χ4v) is 5.51. The van der Waals surface area contributed by atoms with Crippen LogP contribution in [-0.2, 0) is 12.8 Å². The summed E-state index contributed by atoms with van der Waals surface area (Å²) in [5.41, 5.74) is 4.94. The molecule has 0 saturated heterocycles. The van der Waals surface area contributed by atoms with Crippen molar-refractivity contribution < 1.29 is 9.18 Å². The van der Waals surface area contributed by atoms with Crippen LogP contribution < -0.4 is 11.0 Å². The Labute approximate surface area is 193 Å². The van der Waals surface area contributed by atoms with Crippen molar-refractivity contribution in [3.8, 4) is 5.69 Å². The molecule has 0 aliphatic heterocycles. The SMILES string of the molecule is Cc1nc2sc3c(c2c(=O)n1-c1cccc(C(=O)N/N=C/c2cccc(F)c2)c1)CCCC3. The molecule has 0 bridgehead atoms. The lowest BCUT2D eigenvalue weighted by atomic mass is 9.97. The number of nitrogens with zero attached hydrogens (tertiary/aromatic N) is 3. The zero-order valence-electron chi connectivity index (χ0n) is 18.0. The van der Waals surface area contributed by atoms with Gasteiger partial charge in [-0.25, -0.2) is 14.8 Å². The summed E-state index contributed by atoms with van der Waals surface area (Å²) in [6.07, 6.45) is 5.50. The van der Waals surface area contributed by atoms with E-state index in [0.717, 1.165) is 36.1 Å². The quantitative estimate of drug-likeness (QED) is 0.359. The van der Waals surface area contributed by atoms with Gasteiger partial charge < -0.3 is 0 Å². The minimum absolute atomic E-state index is 0.0985. The van der Waals surface area contributed by atoms with Crippen molar-refractivity contribution in [1.82, 2.24) is 15.0 Å². The minimum atomic E-state index is -0.433. The first kappa shape index (κ1) is 21.2. The van der Waals surface area contributed by atoms with Gasteiger partial charge in [0.25, 0.3) is 11.5 Å². The van der Waals surface area contributed by atoms with E-state index in [1.54, 1.807) is 59.2 Å². The number of thiophene rings is 1. The number of carbonyl (C=O) groups excluding carboxylic acids is 1. The molecule has 2 aromatic carbocycles. The van der Waals surface area contributed by atoms with Gasteiger partial charge >= 0.3 is 0 Å². The molecule has 0 spiro atoms. The number of benzene rings is 2. The summed E-state index contributed by atoms with van der Waals surface area (Å²) in [4.78, 5) is 32.9. The number of carbonyl (C=O) groups is 1. The molecule has 0 unspecified atom stereocenters. The zero-order valence-corrected chi connectivity index (χ0v) is 18.8. The molecule has 8 heteroatoms. The molecule has 2 aromatic heterocycles. The fraction of sp³-hybridized carbons (Fsp3) is 0.200. The number of aromatic nitrogens is 2. The van der Waals surface area contributed by atoms with Gasteiger partial charge in [0.05, 0.1) is 17.3 Å². The molecule has 0 atom stereocenters. The largest absolute Gasteiger partial charge is 0.271 e. The third-order valence-corrected chi connectivity index (χ3v) is 6.94. The Balaban J connectivity index is 1.46. The third-order valence-electron chi connectivity index (χ3n) is 5.75. The van der Waals surface area contributed by atoms with E-state index < -0.39 is 5.91 Å². The van der Waals surface area contributed by atoms with Gasteiger partial charge in [0.2, 0.25) is 0 Å². The Kier molecular flexibility index (Phi) is 5.60. The molecule has 1 N–H and O–H groups in total. The van der Waals surface area contributed by atoms with Gasteiger partial charge in [-0.2, -0.15) is 5.10 Å². The van der Waals surface area contributed by atoms with E-state index in [4.69, 9.17) is 4.98 Å². The van der Waals surface area contributed by atoms with Crippen molar-refractivity contribution >= 4 is 33.7 Å². The van der Waals surface area contributed by atoms with Gasteiger partial charge in [-0.15, -0.1) is 11.3 Å². The predicted molar refractivity (Wildman–Crippen MR) is 128 cm³/mol. The highest BCUT2D eigenvalue weighted by atomic mass is 32.1. The van der Waals surface area contributed by atoms with Crippen LogP contribution in [0, 0.1) is 12.7 Å². The molecular weight excluding hydrogens is 439 g/mol. The zero-order chi connectivity index (χ0) is 22.9. The van der Waals surface area contributed by atoms with Crippen LogP contribution in [0.1, 0.15) is 45.0 Å². The maximum absolute atomic E-state index is 13.5. The maximum Gasteiger partial charge on any atom is 0.271 e. The van der Waals surface area contributed by atoms with Gasteiger partial charge in [0, 0.05) is 10.4 Å². The molecule has 1 aliphatic carbocycles. The average Bonchev–Trinajstić information content (AvgIpc) is 3.17. The fourth-order valence-electron chi connectivity index (χ4n) is 4.21. The number of hydrazone groups is 1. The second kappa shape index (κ2) is 8.71. The molecule has 1 amide bonds. The van der Waals surface area contributed by atoms with Crippen LogP contribution in [0.2, 0.25) is 0 Å². The Hall–Kier alpha value is -3.65. The summed E-state index contributed by atoms with van der Waals surface area (Å²) in [6, 6.07) is 12.7. The topological polar surface area (TPSA) is 76.3 Å². The number of rotatable bonds is 4. The molecule has 0 fully saturated rings. The van der Waals surface area contributed by atoms with E-state index in [2.05, 4.69) is 10.5 Å². The smallest absolute Gasteiger partial charge is 0.268 e. The molecular formula is C25H21FN4O2S. The van der Waals surface area contributed by atoms with Crippen LogP contribution in [0.3, 0.4) is 0 Å². The molecule has 4 aromatic rings. The number of halogens is 1. The second-order valence-electron chi connectivity index (χ2n) is 8.00. The molecule has 2 heterocycles. The molecule has 0 radical (unpaired) electrons. The first-order valence-electron chi connectivity index (χ1n) is 10.7. The van der Waals surface area contributed by atoms with Gasteiger partial charge in [-0.1, -0.05) is 18.2 Å². The molecule has 6 nitrogen and oxygen atoms in total. The van der Waals surface area contributed by atoms with Gasteiger partial charge in [-0.3, -0.25) is 14.2 Å². The second-order valence-corrected chi connectivity index (χ2v) is 9.08. The Morgan fingerprint density at radius 2 is 2.00 bits per heavy atom. The number of amides is 1. The Bertz CT molecular complexity index is 1470. The highest BCUT2D eigenvalue weighted by Gasteiger charge is 2.22. The summed E-state index contributed by atoms with van der Waals surface area (Å²) >= 11 is 1.62. The lowest BCUT2D eigenvalue weighted by Gasteiger charge is -2.12. The first-order valence-corrected chi connectivity index (χ1v) is 11.6. The van der Waals surface area contributed by atoms with Crippen molar-refractivity contribution in [3.05, 3.63) is 92.1 Å². The normalized spacial score (nSPS) is 13.4. The van der Waals surface area contributed by atoms with Gasteiger partial charge in [-0.05, 0) is 74.1 Å². The van der Waals surface area contributed by atoms with E-state index in [1.807, 2.05) is 0 Å². The van der Waals surface area contributed by atoms with Gasteiger partial charge in [0.15, 0.2) is 0 Å². The summed E-state index contributed by atoms with van der Waals surface area (Å²) in [5, 5.41) is 4.61. The van der Waals surface area contributed by atoms with Crippen molar-refractivity contribution in [1.29, 1.82) is 0 Å². The number of nitrogens with one attached hydrogen (secondary N) is 1. The van der Waals surface area contributed by atoms with Crippen molar-refractivity contribution in [2.45, 2.75) is 32.6 Å². The Morgan fingerprint density at radius 3 is 2.85 bits per heavy atom. The molecule has 5 rings (SSSR count). The monoisotopic (exact) mass is 460 g/mol. The van der Waals surface area contributed by atoms with Crippen LogP contribution in [0.5, 0.6) is 0 Å². The van der Waals surface area contributed by atoms with Crippen LogP contribution in [0.4, 0.5) is 4.39 Å². The number of aryl methyl sites for hydroxylation is 3. The summed E-state index contributed by atoms with van der Waals surface area (Å²) in [6.45, 7) is 1.80. The van der Waals surface area contributed by atoms with Crippen LogP contribution in [0.15, 0.2) is 58.4 Å². The van der Waals surface area contributed by atoms with E-state index in [9.17, 15) is 14.0 Å².